The summed E-state index contributed by atoms with van der Waals surface area (Å²) in [4.78, 5) is 32.0. The Kier molecular flexibility index (Phi) is 8.37. The molecule has 0 aromatic heterocycles. The van der Waals surface area contributed by atoms with Crippen LogP contribution in [0.15, 0.2) is 57.1 Å². The molecule has 2 aromatic carbocycles. The maximum Gasteiger partial charge on any atom is 0.315 e. The standard InChI is InChI=1S/C29H32BrNO6/c1-6-11-37-29(33)26-16(2)31-21-12-18(17-7-9-24(35-4)25(14-17)36-5)13-22(32)28(21)27(26)20-15-19(30)8-10-23(20)34-3/h7-10,14-15,18,26-27H,6,11-13H2,1-5H3/t18-,26?,27+/m0/s1. The smallest absolute Gasteiger partial charge is 0.315 e. The van der Waals surface area contributed by atoms with Gasteiger partial charge >= 0.3 is 5.97 Å². The average molecular weight is 570 g/mol. The fourth-order valence-corrected chi connectivity index (χ4v) is 5.66. The summed E-state index contributed by atoms with van der Waals surface area (Å²) in [5.74, 6) is 0.113. The second-order valence-electron chi connectivity index (χ2n) is 9.27. The minimum Gasteiger partial charge on any atom is -0.496 e. The van der Waals surface area contributed by atoms with E-state index in [1.807, 2.05) is 50.2 Å². The van der Waals surface area contributed by atoms with Gasteiger partial charge in [-0.1, -0.05) is 28.9 Å². The summed E-state index contributed by atoms with van der Waals surface area (Å²) < 4.78 is 22.9. The molecule has 37 heavy (non-hydrogen) atoms. The van der Waals surface area contributed by atoms with Crippen LogP contribution in [0.25, 0.3) is 0 Å². The Morgan fingerprint density at radius 1 is 1.00 bits per heavy atom. The van der Waals surface area contributed by atoms with Crippen molar-refractivity contribution in [3.05, 3.63) is 63.3 Å². The van der Waals surface area contributed by atoms with Crippen LogP contribution in [0.3, 0.4) is 0 Å². The lowest BCUT2D eigenvalue weighted by atomic mass is 9.69. The van der Waals surface area contributed by atoms with Crippen molar-refractivity contribution in [3.8, 4) is 17.2 Å². The summed E-state index contributed by atoms with van der Waals surface area (Å²) in [6, 6.07) is 11.4. The Morgan fingerprint density at radius 3 is 2.38 bits per heavy atom. The number of allylic oxidation sites excluding steroid dienone is 2. The highest BCUT2D eigenvalue weighted by atomic mass is 79.9. The van der Waals surface area contributed by atoms with E-state index in [9.17, 15) is 9.59 Å². The van der Waals surface area contributed by atoms with Crippen molar-refractivity contribution in [2.24, 2.45) is 10.9 Å². The van der Waals surface area contributed by atoms with Crippen molar-refractivity contribution >= 4 is 33.4 Å². The number of carbonyl (C=O) groups is 2. The Labute approximate surface area is 226 Å². The van der Waals surface area contributed by atoms with E-state index in [0.717, 1.165) is 15.6 Å². The number of methoxy groups -OCH3 is 3. The molecule has 0 bridgehead atoms. The summed E-state index contributed by atoms with van der Waals surface area (Å²) in [5.41, 5.74) is 3.64. The van der Waals surface area contributed by atoms with Gasteiger partial charge in [-0.2, -0.15) is 0 Å². The first-order valence-electron chi connectivity index (χ1n) is 12.4. The zero-order valence-electron chi connectivity index (χ0n) is 21.8. The molecule has 0 spiro atoms. The van der Waals surface area contributed by atoms with Gasteiger partial charge in [-0.15, -0.1) is 0 Å². The van der Waals surface area contributed by atoms with Crippen LogP contribution in [0.1, 0.15) is 56.1 Å². The summed E-state index contributed by atoms with van der Waals surface area (Å²) in [6.45, 7) is 4.10. The number of halogens is 1. The molecule has 8 heteroatoms. The minimum absolute atomic E-state index is 0.0300. The lowest BCUT2D eigenvalue weighted by molar-refractivity contribution is -0.146. The number of ketones is 1. The molecule has 196 valence electrons. The summed E-state index contributed by atoms with van der Waals surface area (Å²) in [5, 5.41) is 0. The number of carbonyl (C=O) groups excluding carboxylic acids is 2. The van der Waals surface area contributed by atoms with E-state index in [-0.39, 0.29) is 17.7 Å². The number of hydrogen-bond acceptors (Lipinski definition) is 7. The summed E-state index contributed by atoms with van der Waals surface area (Å²) in [7, 11) is 4.78. The van der Waals surface area contributed by atoms with Crippen molar-refractivity contribution in [1.82, 2.24) is 0 Å². The molecule has 7 nitrogen and oxygen atoms in total. The van der Waals surface area contributed by atoms with Gasteiger partial charge < -0.3 is 18.9 Å². The lowest BCUT2D eigenvalue weighted by Gasteiger charge is -2.37. The molecule has 0 radical (unpaired) electrons. The molecule has 0 fully saturated rings. The number of nitrogens with zero attached hydrogens (tertiary/aromatic N) is 1. The van der Waals surface area contributed by atoms with Crippen LogP contribution in [0, 0.1) is 5.92 Å². The normalized spacial score (nSPS) is 21.2. The topological polar surface area (TPSA) is 83.4 Å². The van der Waals surface area contributed by atoms with Gasteiger partial charge in [0.15, 0.2) is 17.3 Å². The van der Waals surface area contributed by atoms with Crippen LogP contribution in [0.4, 0.5) is 0 Å². The van der Waals surface area contributed by atoms with Gasteiger partial charge in [0.1, 0.15) is 11.7 Å². The summed E-state index contributed by atoms with van der Waals surface area (Å²) >= 11 is 3.55. The van der Waals surface area contributed by atoms with E-state index in [1.165, 1.54) is 0 Å². The molecule has 0 saturated heterocycles. The molecule has 1 aliphatic heterocycles. The van der Waals surface area contributed by atoms with Crippen LogP contribution in [-0.4, -0.2) is 45.4 Å². The number of benzene rings is 2. The molecule has 1 aliphatic carbocycles. The Balaban J connectivity index is 1.82. The first kappa shape index (κ1) is 26.9. The van der Waals surface area contributed by atoms with Crippen LogP contribution >= 0.6 is 15.9 Å². The Bertz CT molecular complexity index is 1270. The monoisotopic (exact) mass is 569 g/mol. The molecule has 4 rings (SSSR count). The molecule has 2 aliphatic rings. The second-order valence-corrected chi connectivity index (χ2v) is 10.2. The predicted molar refractivity (Wildman–Crippen MR) is 145 cm³/mol. The number of rotatable bonds is 8. The second kappa shape index (κ2) is 11.5. The highest BCUT2D eigenvalue weighted by molar-refractivity contribution is 9.10. The van der Waals surface area contributed by atoms with Crippen molar-refractivity contribution in [2.75, 3.05) is 27.9 Å². The third-order valence-corrected chi connectivity index (χ3v) is 7.49. The molecule has 3 atom stereocenters. The molecule has 0 N–H and O–H groups in total. The molecular formula is C29H32BrNO6. The molecule has 1 unspecified atom stereocenters. The number of Topliss-reactive ketones (excluding diaryl/α,β-unsaturated/α-hetero) is 1. The molecule has 0 amide bonds. The Morgan fingerprint density at radius 2 is 1.70 bits per heavy atom. The van der Waals surface area contributed by atoms with Crippen LogP contribution in [0.5, 0.6) is 17.2 Å². The minimum atomic E-state index is -0.713. The maximum absolute atomic E-state index is 13.9. The van der Waals surface area contributed by atoms with E-state index >= 15 is 0 Å². The molecule has 2 aromatic rings. The van der Waals surface area contributed by atoms with Gasteiger partial charge in [0.05, 0.1) is 27.9 Å². The van der Waals surface area contributed by atoms with Gasteiger partial charge in [0.25, 0.3) is 0 Å². The van der Waals surface area contributed by atoms with Crippen molar-refractivity contribution < 1.29 is 28.5 Å². The van der Waals surface area contributed by atoms with Gasteiger partial charge in [0.2, 0.25) is 0 Å². The summed E-state index contributed by atoms with van der Waals surface area (Å²) in [6.07, 6.45) is 1.57. The predicted octanol–water partition coefficient (Wildman–Crippen LogP) is 6.00. The third-order valence-electron chi connectivity index (χ3n) is 7.00. The molecule has 1 heterocycles. The molecular weight excluding hydrogens is 538 g/mol. The van der Waals surface area contributed by atoms with E-state index in [4.69, 9.17) is 23.9 Å². The van der Waals surface area contributed by atoms with E-state index in [0.29, 0.717) is 60.1 Å². The van der Waals surface area contributed by atoms with Gasteiger partial charge in [0, 0.05) is 39.4 Å². The lowest BCUT2D eigenvalue weighted by Crippen LogP contribution is -2.38. The van der Waals surface area contributed by atoms with E-state index in [2.05, 4.69) is 15.9 Å². The van der Waals surface area contributed by atoms with Gasteiger partial charge in [-0.25, -0.2) is 0 Å². The zero-order valence-corrected chi connectivity index (χ0v) is 23.4. The first-order chi connectivity index (χ1) is 17.8. The molecule has 0 saturated carbocycles. The SMILES string of the molecule is CCCOC(=O)C1C(C)=NC2=C(C(=O)C[C@@H](c3ccc(OC)c(OC)c3)C2)[C@@H]1c1cc(Br)ccc1OC. The number of hydrogen-bond donors (Lipinski definition) is 0. The number of esters is 1. The Hall–Kier alpha value is -3.13. The maximum atomic E-state index is 13.9. The zero-order chi connectivity index (χ0) is 26.7. The van der Waals surface area contributed by atoms with Crippen molar-refractivity contribution in [3.63, 3.8) is 0 Å². The third kappa shape index (κ3) is 5.30. The highest BCUT2D eigenvalue weighted by Crippen LogP contribution is 2.49. The van der Waals surface area contributed by atoms with Crippen molar-refractivity contribution in [2.45, 2.75) is 44.9 Å². The number of ether oxygens (including phenoxy) is 4. The van der Waals surface area contributed by atoms with Crippen LogP contribution < -0.4 is 14.2 Å². The number of aliphatic imine (C=N–C) groups is 1. The highest BCUT2D eigenvalue weighted by Gasteiger charge is 2.45. The van der Waals surface area contributed by atoms with E-state index < -0.39 is 11.8 Å². The average Bonchev–Trinajstić information content (AvgIpc) is 2.90. The van der Waals surface area contributed by atoms with Gasteiger partial charge in [-0.3, -0.25) is 14.6 Å². The van der Waals surface area contributed by atoms with Crippen LogP contribution in [0.2, 0.25) is 0 Å². The van der Waals surface area contributed by atoms with Crippen LogP contribution in [-0.2, 0) is 14.3 Å². The first-order valence-corrected chi connectivity index (χ1v) is 13.2. The largest absolute Gasteiger partial charge is 0.496 e. The van der Waals surface area contributed by atoms with Crippen molar-refractivity contribution in [1.29, 1.82) is 0 Å². The quantitative estimate of drug-likeness (QED) is 0.362. The van der Waals surface area contributed by atoms with E-state index in [1.54, 1.807) is 21.3 Å². The fourth-order valence-electron chi connectivity index (χ4n) is 5.28. The fraction of sp³-hybridized carbons (Fsp3) is 0.414. The van der Waals surface area contributed by atoms with Gasteiger partial charge in [-0.05, 0) is 61.6 Å².